The van der Waals surface area contributed by atoms with Crippen molar-refractivity contribution in [1.29, 1.82) is 0 Å². The molecule has 0 aliphatic rings. The lowest BCUT2D eigenvalue weighted by Crippen LogP contribution is -2.30. The fraction of sp³-hybridized carbons (Fsp3) is 0.241. The van der Waals surface area contributed by atoms with Crippen LogP contribution in [-0.4, -0.2) is 47.4 Å². The van der Waals surface area contributed by atoms with Crippen molar-refractivity contribution in [2.75, 3.05) is 25.0 Å². The molecule has 0 saturated carbocycles. The summed E-state index contributed by atoms with van der Waals surface area (Å²) in [5, 5.41) is 4.54. The van der Waals surface area contributed by atoms with Crippen LogP contribution in [0.1, 0.15) is 56.7 Å². The van der Waals surface area contributed by atoms with Crippen molar-refractivity contribution in [3.8, 4) is 11.3 Å². The number of para-hydroxylation sites is 1. The van der Waals surface area contributed by atoms with Crippen LogP contribution in [0.15, 0.2) is 48.5 Å². The number of carbonyl (C=O) groups excluding carboxylic acids is 3. The zero-order valence-electron chi connectivity index (χ0n) is 21.9. The van der Waals surface area contributed by atoms with Gasteiger partial charge in [-0.15, -0.1) is 11.3 Å². The first-order valence-electron chi connectivity index (χ1n) is 12.5. The van der Waals surface area contributed by atoms with E-state index in [0.29, 0.717) is 61.3 Å². The van der Waals surface area contributed by atoms with Crippen LogP contribution < -0.4 is 5.32 Å². The summed E-state index contributed by atoms with van der Waals surface area (Å²) in [5.41, 5.74) is 2.82. The minimum Gasteiger partial charge on any atom is -0.462 e. The van der Waals surface area contributed by atoms with Gasteiger partial charge in [-0.05, 0) is 57.5 Å². The molecule has 0 atom stereocenters. The Morgan fingerprint density at radius 3 is 2.38 bits per heavy atom. The van der Waals surface area contributed by atoms with Crippen molar-refractivity contribution < 1.29 is 19.1 Å². The van der Waals surface area contributed by atoms with Gasteiger partial charge in [-0.3, -0.25) is 9.59 Å². The van der Waals surface area contributed by atoms with Crippen molar-refractivity contribution in [3.05, 3.63) is 80.1 Å². The van der Waals surface area contributed by atoms with Crippen LogP contribution in [0.25, 0.3) is 22.2 Å². The molecule has 4 rings (SSSR count). The number of esters is 1. The lowest BCUT2D eigenvalue weighted by molar-refractivity contribution is 0.0527. The number of nitrogens with zero attached hydrogens (tertiary/aromatic N) is 2. The highest BCUT2D eigenvalue weighted by molar-refractivity contribution is 7.18. The molecule has 10 heteroatoms. The van der Waals surface area contributed by atoms with Crippen molar-refractivity contribution in [1.82, 2.24) is 9.88 Å². The molecule has 0 aliphatic carbocycles. The number of amides is 2. The number of thiophene rings is 1. The van der Waals surface area contributed by atoms with Gasteiger partial charge in [0.2, 0.25) is 0 Å². The molecule has 0 fully saturated rings. The van der Waals surface area contributed by atoms with Gasteiger partial charge in [0.1, 0.15) is 5.00 Å². The Balaban J connectivity index is 1.81. The second-order valence-electron chi connectivity index (χ2n) is 8.61. The van der Waals surface area contributed by atoms with Gasteiger partial charge in [0.05, 0.1) is 43.9 Å². The molecule has 2 heterocycles. The molecule has 2 aromatic carbocycles. The smallest absolute Gasteiger partial charge is 0.341 e. The Morgan fingerprint density at radius 2 is 1.72 bits per heavy atom. The molecular formula is C29H27Cl2N3O4S. The maximum Gasteiger partial charge on any atom is 0.341 e. The molecule has 0 spiro atoms. The van der Waals surface area contributed by atoms with Crippen molar-refractivity contribution in [2.45, 2.75) is 27.7 Å². The zero-order chi connectivity index (χ0) is 28.3. The van der Waals surface area contributed by atoms with Gasteiger partial charge in [-0.25, -0.2) is 9.78 Å². The molecule has 0 saturated heterocycles. The molecule has 4 aromatic rings. The molecule has 2 aromatic heterocycles. The number of pyridine rings is 1. The first-order chi connectivity index (χ1) is 18.7. The van der Waals surface area contributed by atoms with E-state index in [9.17, 15) is 14.4 Å². The standard InChI is InChI=1S/C29H27Cl2N3O4S/c1-5-34(6-2)28(36)25-16(4)24(29(37)38-7-3)27(39-25)33-26(35)19-15-23(17-12-13-20(30)21(31)14-17)32-22-11-9-8-10-18(19)22/h8-15H,5-7H2,1-4H3,(H,33,35). The van der Waals surface area contributed by atoms with Gasteiger partial charge >= 0.3 is 5.97 Å². The van der Waals surface area contributed by atoms with E-state index < -0.39 is 11.9 Å². The van der Waals surface area contributed by atoms with Crippen molar-refractivity contribution in [3.63, 3.8) is 0 Å². The Labute approximate surface area is 240 Å². The first-order valence-corrected chi connectivity index (χ1v) is 14.0. The van der Waals surface area contributed by atoms with E-state index in [1.165, 1.54) is 0 Å². The second-order valence-corrected chi connectivity index (χ2v) is 10.4. The Bertz CT molecular complexity index is 1580. The van der Waals surface area contributed by atoms with Gasteiger partial charge < -0.3 is 15.0 Å². The summed E-state index contributed by atoms with van der Waals surface area (Å²) in [6.45, 7) is 8.36. The molecule has 2 amide bonds. The molecule has 0 unspecified atom stereocenters. The second kappa shape index (κ2) is 12.2. The maximum atomic E-state index is 13.8. The lowest BCUT2D eigenvalue weighted by Gasteiger charge is -2.18. The molecule has 0 radical (unpaired) electrons. The van der Waals surface area contributed by atoms with Gasteiger partial charge in [0, 0.05) is 24.0 Å². The minimum atomic E-state index is -0.601. The summed E-state index contributed by atoms with van der Waals surface area (Å²) in [6, 6.07) is 14.1. The molecule has 0 aliphatic heterocycles. The number of fused-ring (bicyclic) bond motifs is 1. The number of halogens is 2. The van der Waals surface area contributed by atoms with Crippen LogP contribution in [-0.2, 0) is 4.74 Å². The number of rotatable bonds is 8. The van der Waals surface area contributed by atoms with Crippen molar-refractivity contribution in [2.24, 2.45) is 0 Å². The average molecular weight is 585 g/mol. The van der Waals surface area contributed by atoms with E-state index in [1.807, 2.05) is 32.0 Å². The highest BCUT2D eigenvalue weighted by Gasteiger charge is 2.29. The molecule has 0 bridgehead atoms. The van der Waals surface area contributed by atoms with E-state index >= 15 is 0 Å². The number of carbonyl (C=O) groups is 3. The highest BCUT2D eigenvalue weighted by atomic mass is 35.5. The van der Waals surface area contributed by atoms with Crippen LogP contribution in [0.2, 0.25) is 10.0 Å². The molecule has 7 nitrogen and oxygen atoms in total. The summed E-state index contributed by atoms with van der Waals surface area (Å²) >= 11 is 13.4. The molecular weight excluding hydrogens is 557 g/mol. The van der Waals surface area contributed by atoms with E-state index in [1.54, 1.807) is 49.1 Å². The monoisotopic (exact) mass is 583 g/mol. The largest absolute Gasteiger partial charge is 0.462 e. The predicted octanol–water partition coefficient (Wildman–Crippen LogP) is 7.49. The molecule has 39 heavy (non-hydrogen) atoms. The average Bonchev–Trinajstić information content (AvgIpc) is 3.25. The number of ether oxygens (including phenoxy) is 1. The third-order valence-corrected chi connectivity index (χ3v) is 8.21. The fourth-order valence-corrected chi connectivity index (χ4v) is 5.70. The number of hydrogen-bond donors (Lipinski definition) is 1. The Hall–Kier alpha value is -3.46. The number of aromatic nitrogens is 1. The van der Waals surface area contributed by atoms with Gasteiger partial charge in [-0.1, -0.05) is 47.5 Å². The van der Waals surface area contributed by atoms with Crippen LogP contribution in [0.5, 0.6) is 0 Å². The molecule has 202 valence electrons. The van der Waals surface area contributed by atoms with Crippen molar-refractivity contribution >= 4 is 68.2 Å². The Morgan fingerprint density at radius 1 is 1.00 bits per heavy atom. The number of nitrogens with one attached hydrogen (secondary N) is 1. The minimum absolute atomic E-state index is 0.156. The maximum absolute atomic E-state index is 13.8. The predicted molar refractivity (Wildman–Crippen MR) is 157 cm³/mol. The normalized spacial score (nSPS) is 10.9. The SMILES string of the molecule is CCOC(=O)c1c(NC(=O)c2cc(-c3ccc(Cl)c(Cl)c3)nc3ccccc23)sc(C(=O)N(CC)CC)c1C. The van der Waals surface area contributed by atoms with Gasteiger partial charge in [0.15, 0.2) is 0 Å². The van der Waals surface area contributed by atoms with Gasteiger partial charge in [-0.2, -0.15) is 0 Å². The fourth-order valence-electron chi connectivity index (χ4n) is 4.25. The number of benzene rings is 2. The third-order valence-electron chi connectivity index (χ3n) is 6.27. The zero-order valence-corrected chi connectivity index (χ0v) is 24.3. The lowest BCUT2D eigenvalue weighted by atomic mass is 10.0. The van der Waals surface area contributed by atoms with Crippen LogP contribution in [0.4, 0.5) is 5.00 Å². The number of hydrogen-bond acceptors (Lipinski definition) is 6. The van der Waals surface area contributed by atoms with E-state index in [2.05, 4.69) is 5.32 Å². The Kier molecular flexibility index (Phi) is 8.90. The van der Waals surface area contributed by atoms with Gasteiger partial charge in [0.25, 0.3) is 11.8 Å². The summed E-state index contributed by atoms with van der Waals surface area (Å²) in [7, 11) is 0. The quantitative estimate of drug-likeness (QED) is 0.217. The first kappa shape index (κ1) is 28.5. The summed E-state index contributed by atoms with van der Waals surface area (Å²) in [6.07, 6.45) is 0. The summed E-state index contributed by atoms with van der Waals surface area (Å²) < 4.78 is 5.27. The summed E-state index contributed by atoms with van der Waals surface area (Å²) in [4.78, 5) is 46.7. The van der Waals surface area contributed by atoms with E-state index in [0.717, 1.165) is 11.3 Å². The van der Waals surface area contributed by atoms with Crippen LogP contribution >= 0.6 is 34.5 Å². The highest BCUT2D eigenvalue weighted by Crippen LogP contribution is 2.36. The molecule has 1 N–H and O–H groups in total. The summed E-state index contributed by atoms with van der Waals surface area (Å²) in [5.74, 6) is -1.26. The van der Waals surface area contributed by atoms with Crippen LogP contribution in [0.3, 0.4) is 0 Å². The van der Waals surface area contributed by atoms with E-state index in [4.69, 9.17) is 32.9 Å². The number of anilines is 1. The third kappa shape index (κ3) is 5.78. The van der Waals surface area contributed by atoms with E-state index in [-0.39, 0.29) is 23.1 Å². The van der Waals surface area contributed by atoms with Crippen LogP contribution in [0, 0.1) is 6.92 Å². The topological polar surface area (TPSA) is 88.6 Å².